The lowest BCUT2D eigenvalue weighted by molar-refractivity contribution is 0.434. The van der Waals surface area contributed by atoms with Crippen LogP contribution >= 0.6 is 0 Å². The second-order valence-electron chi connectivity index (χ2n) is 16.5. The van der Waals surface area contributed by atoms with Gasteiger partial charge in [-0.1, -0.05) is 218 Å². The zero-order valence-electron chi connectivity index (χ0n) is 33.0. The first-order valence-electron chi connectivity index (χ1n) is 21.0. The molecule has 2 N–H and O–H groups in total. The molecule has 0 bridgehead atoms. The van der Waals surface area contributed by atoms with Crippen molar-refractivity contribution in [2.75, 3.05) is 0 Å². The summed E-state index contributed by atoms with van der Waals surface area (Å²) in [7, 11) is 0. The molecular formula is C58H45N. The highest BCUT2D eigenvalue weighted by Crippen LogP contribution is 2.67. The summed E-state index contributed by atoms with van der Waals surface area (Å²) in [5, 5.41) is 5.17. The van der Waals surface area contributed by atoms with Gasteiger partial charge in [-0.25, -0.2) is 0 Å². The SMILES string of the molecule is NC1C=CC=C2c3ccccc3C3(C4=CC=CCC4c4ccccc43)C21.c1ccc2c(-c3ccc(Cc4ccc(-c5cccc6ccccc56)cc4)cc3)cccc2c1. The molecule has 59 heavy (non-hydrogen) atoms. The predicted molar refractivity (Wildman–Crippen MR) is 248 cm³/mol. The molecule has 282 valence electrons. The van der Waals surface area contributed by atoms with Gasteiger partial charge in [0.05, 0.1) is 5.41 Å². The molecule has 0 heterocycles. The maximum absolute atomic E-state index is 6.76. The van der Waals surface area contributed by atoms with Gasteiger partial charge in [0.25, 0.3) is 0 Å². The van der Waals surface area contributed by atoms with Crippen LogP contribution in [-0.2, 0) is 11.8 Å². The minimum Gasteiger partial charge on any atom is -0.324 e. The molecular weight excluding hydrogens is 711 g/mol. The third-order valence-corrected chi connectivity index (χ3v) is 13.4. The van der Waals surface area contributed by atoms with Crippen LogP contribution in [0.15, 0.2) is 224 Å². The van der Waals surface area contributed by atoms with E-state index < -0.39 is 0 Å². The van der Waals surface area contributed by atoms with Gasteiger partial charge in [-0.05, 0) is 101 Å². The maximum atomic E-state index is 6.76. The van der Waals surface area contributed by atoms with Crippen molar-refractivity contribution in [1.29, 1.82) is 0 Å². The Hall–Kier alpha value is -6.80. The van der Waals surface area contributed by atoms with Crippen molar-refractivity contribution in [3.05, 3.63) is 257 Å². The Bertz CT molecular complexity index is 2880. The molecule has 1 heteroatoms. The van der Waals surface area contributed by atoms with Crippen LogP contribution in [0.2, 0.25) is 0 Å². The van der Waals surface area contributed by atoms with E-state index in [9.17, 15) is 0 Å². The Balaban J connectivity index is 0.000000138. The van der Waals surface area contributed by atoms with E-state index in [0.29, 0.717) is 5.92 Å². The van der Waals surface area contributed by atoms with E-state index in [4.69, 9.17) is 5.73 Å². The molecule has 0 saturated heterocycles. The van der Waals surface area contributed by atoms with E-state index in [1.807, 2.05) is 0 Å². The molecule has 1 nitrogen and oxygen atoms in total. The van der Waals surface area contributed by atoms with Crippen LogP contribution in [0, 0.1) is 5.92 Å². The van der Waals surface area contributed by atoms with Crippen LogP contribution in [-0.4, -0.2) is 6.04 Å². The highest BCUT2D eigenvalue weighted by molar-refractivity contribution is 5.97. The second kappa shape index (κ2) is 14.5. The predicted octanol–water partition coefficient (Wildman–Crippen LogP) is 13.8. The number of rotatable bonds is 4. The Labute approximate surface area is 347 Å². The minimum absolute atomic E-state index is 0.0287. The van der Waals surface area contributed by atoms with E-state index in [1.54, 1.807) is 0 Å². The second-order valence-corrected chi connectivity index (χ2v) is 16.5. The quantitative estimate of drug-likeness (QED) is 0.190. The van der Waals surface area contributed by atoms with E-state index in [1.165, 1.54) is 88.3 Å². The van der Waals surface area contributed by atoms with Crippen molar-refractivity contribution >= 4 is 27.1 Å². The summed E-state index contributed by atoms with van der Waals surface area (Å²) in [6.07, 6.45) is 15.6. The fraction of sp³-hybridized carbons (Fsp3) is 0.103. The fourth-order valence-electron chi connectivity index (χ4n) is 10.8. The first kappa shape index (κ1) is 35.4. The Kier molecular flexibility index (Phi) is 8.72. The number of benzene rings is 8. The number of nitrogens with two attached hydrogens (primary N) is 1. The summed E-state index contributed by atoms with van der Waals surface area (Å²) in [5.74, 6) is 0.746. The van der Waals surface area contributed by atoms with Gasteiger partial charge >= 0.3 is 0 Å². The van der Waals surface area contributed by atoms with Gasteiger partial charge in [0.15, 0.2) is 0 Å². The van der Waals surface area contributed by atoms with Gasteiger partial charge in [0, 0.05) is 17.9 Å². The lowest BCUT2D eigenvalue weighted by atomic mass is 9.63. The van der Waals surface area contributed by atoms with Gasteiger partial charge in [-0.15, -0.1) is 0 Å². The highest BCUT2D eigenvalue weighted by atomic mass is 14.7. The van der Waals surface area contributed by atoms with Crippen LogP contribution in [0.25, 0.3) is 49.4 Å². The monoisotopic (exact) mass is 755 g/mol. The molecule has 8 aromatic carbocycles. The van der Waals surface area contributed by atoms with Crippen LogP contribution in [0.1, 0.15) is 45.7 Å². The lowest BCUT2D eigenvalue weighted by Crippen LogP contribution is -2.43. The van der Waals surface area contributed by atoms with E-state index in [0.717, 1.165) is 12.8 Å². The fourth-order valence-corrected chi connectivity index (χ4v) is 10.8. The van der Waals surface area contributed by atoms with E-state index in [2.05, 4.69) is 218 Å². The highest BCUT2D eigenvalue weighted by Gasteiger charge is 2.60. The molecule has 4 aliphatic carbocycles. The molecule has 0 saturated carbocycles. The Morgan fingerprint density at radius 2 is 1.03 bits per heavy atom. The van der Waals surface area contributed by atoms with E-state index >= 15 is 0 Å². The summed E-state index contributed by atoms with van der Waals surface area (Å²) in [6, 6.07) is 66.3. The molecule has 0 aliphatic heterocycles. The molecule has 0 radical (unpaired) electrons. The van der Waals surface area contributed by atoms with Crippen molar-refractivity contribution in [2.45, 2.75) is 30.2 Å². The van der Waals surface area contributed by atoms with Crippen LogP contribution < -0.4 is 5.73 Å². The largest absolute Gasteiger partial charge is 0.324 e. The molecule has 0 amide bonds. The maximum Gasteiger partial charge on any atom is 0.0515 e. The third-order valence-electron chi connectivity index (χ3n) is 13.4. The third kappa shape index (κ3) is 5.80. The average Bonchev–Trinajstić information content (AvgIpc) is 3.78. The van der Waals surface area contributed by atoms with Gasteiger partial charge in [-0.3, -0.25) is 0 Å². The molecule has 1 spiro atoms. The summed E-state index contributed by atoms with van der Waals surface area (Å²) >= 11 is 0. The molecule has 0 aromatic heterocycles. The van der Waals surface area contributed by atoms with Crippen LogP contribution in [0.5, 0.6) is 0 Å². The summed E-state index contributed by atoms with van der Waals surface area (Å²) < 4.78 is 0. The zero-order valence-corrected chi connectivity index (χ0v) is 33.0. The molecule has 4 atom stereocenters. The van der Waals surface area contributed by atoms with Gasteiger partial charge in [0.1, 0.15) is 0 Å². The van der Waals surface area contributed by atoms with Crippen molar-refractivity contribution in [3.63, 3.8) is 0 Å². The number of hydrogen-bond donors (Lipinski definition) is 1. The van der Waals surface area contributed by atoms with Crippen molar-refractivity contribution in [1.82, 2.24) is 0 Å². The van der Waals surface area contributed by atoms with Crippen LogP contribution in [0.4, 0.5) is 0 Å². The normalized spacial score (nSPS) is 20.6. The summed E-state index contributed by atoms with van der Waals surface area (Å²) in [4.78, 5) is 0. The van der Waals surface area contributed by atoms with Gasteiger partial charge in [-0.2, -0.15) is 0 Å². The van der Waals surface area contributed by atoms with Crippen molar-refractivity contribution in [3.8, 4) is 22.3 Å². The summed E-state index contributed by atoms with van der Waals surface area (Å²) in [5.41, 5.74) is 23.1. The topological polar surface area (TPSA) is 26.0 Å². The summed E-state index contributed by atoms with van der Waals surface area (Å²) in [6.45, 7) is 0. The zero-order chi connectivity index (χ0) is 39.3. The van der Waals surface area contributed by atoms with Gasteiger partial charge < -0.3 is 5.73 Å². The Morgan fingerprint density at radius 3 is 1.69 bits per heavy atom. The minimum atomic E-state index is -0.126. The molecule has 8 aromatic rings. The number of hydrogen-bond acceptors (Lipinski definition) is 1. The molecule has 0 fully saturated rings. The van der Waals surface area contributed by atoms with Crippen molar-refractivity contribution < 1.29 is 0 Å². The first-order chi connectivity index (χ1) is 29.2. The molecule has 12 rings (SSSR count). The number of allylic oxidation sites excluding steroid dienone is 6. The van der Waals surface area contributed by atoms with Gasteiger partial charge in [0.2, 0.25) is 0 Å². The molecule has 4 aliphatic rings. The first-order valence-corrected chi connectivity index (χ1v) is 21.0. The van der Waals surface area contributed by atoms with E-state index in [-0.39, 0.29) is 17.4 Å². The van der Waals surface area contributed by atoms with Crippen molar-refractivity contribution in [2.24, 2.45) is 11.7 Å². The standard InChI is InChI=1S/C33H24.C25H21N/c1-3-11-30-26(7-1)9-5-13-32(30)28-19-15-24(16-20-28)23-25-17-21-29(22-18-25)33-14-6-10-27-8-2-4-12-31(27)33;26-23-15-7-11-19-18-10-3-6-14-22(18)25(24(19)23)20-12-4-1-8-16(20)17-9-2-5-13-21(17)25/h1-22H,23H2;1-8,10-15,17,23-24H,9,26H2. The average molecular weight is 756 g/mol. The van der Waals surface area contributed by atoms with Crippen LogP contribution in [0.3, 0.4) is 0 Å². The number of fused-ring (bicyclic) bond motifs is 12. The smallest absolute Gasteiger partial charge is 0.0515 e. The lowest BCUT2D eigenvalue weighted by Gasteiger charge is -2.40. The molecule has 4 unspecified atom stereocenters. The Morgan fingerprint density at radius 1 is 0.492 bits per heavy atom.